The fourth-order valence-electron chi connectivity index (χ4n) is 1.81. The molecule has 0 aromatic carbocycles. The Hall–Kier alpha value is -1.65. The van der Waals surface area contributed by atoms with Crippen molar-refractivity contribution in [2.75, 3.05) is 5.75 Å². The standard InChI is InChI=1S/C12H18F3N5O2S/c1-6(2)4-9(10-17-19-20-18-10)16-11(22)8(12(13,14)15)5-23-7(3)21/h6,8-9H,4-5H2,1-3H3,(H,16,22)(H,17,18,19,20). The van der Waals surface area contributed by atoms with Gasteiger partial charge >= 0.3 is 6.18 Å². The number of thioether (sulfide) groups is 1. The molecule has 0 saturated carbocycles. The lowest BCUT2D eigenvalue weighted by Gasteiger charge is -2.23. The normalized spacial score (nSPS) is 14.6. The molecule has 0 aliphatic carbocycles. The van der Waals surface area contributed by atoms with Crippen molar-refractivity contribution in [3.63, 3.8) is 0 Å². The molecule has 1 aromatic heterocycles. The van der Waals surface area contributed by atoms with Crippen molar-refractivity contribution in [1.82, 2.24) is 25.9 Å². The van der Waals surface area contributed by atoms with E-state index in [4.69, 9.17) is 0 Å². The maximum atomic E-state index is 13.0. The zero-order chi connectivity index (χ0) is 17.6. The van der Waals surface area contributed by atoms with Crippen molar-refractivity contribution < 1.29 is 22.8 Å². The quantitative estimate of drug-likeness (QED) is 0.776. The van der Waals surface area contributed by atoms with Gasteiger partial charge in [0.05, 0.1) is 6.04 Å². The van der Waals surface area contributed by atoms with Gasteiger partial charge in [-0.3, -0.25) is 9.59 Å². The Bertz CT molecular complexity index is 521. The predicted octanol–water partition coefficient (Wildman–Crippen LogP) is 1.86. The molecule has 0 spiro atoms. The van der Waals surface area contributed by atoms with E-state index in [2.05, 4.69) is 25.9 Å². The summed E-state index contributed by atoms with van der Waals surface area (Å²) in [6.45, 7) is 4.86. The smallest absolute Gasteiger partial charge is 0.345 e. The van der Waals surface area contributed by atoms with Crippen LogP contribution in [-0.2, 0) is 9.59 Å². The monoisotopic (exact) mass is 353 g/mol. The molecule has 2 atom stereocenters. The maximum absolute atomic E-state index is 13.0. The molecular formula is C12H18F3N5O2S. The fraction of sp³-hybridized carbons (Fsp3) is 0.750. The third-order valence-electron chi connectivity index (χ3n) is 2.86. The van der Waals surface area contributed by atoms with E-state index in [1.54, 1.807) is 0 Å². The number of tetrazole rings is 1. The number of nitrogens with zero attached hydrogens (tertiary/aromatic N) is 3. The lowest BCUT2D eigenvalue weighted by molar-refractivity contribution is -0.178. The second-order valence-electron chi connectivity index (χ2n) is 5.36. The zero-order valence-corrected chi connectivity index (χ0v) is 13.7. The first kappa shape index (κ1) is 19.4. The first-order valence-corrected chi connectivity index (χ1v) is 7.83. The van der Waals surface area contributed by atoms with Crippen LogP contribution >= 0.6 is 11.8 Å². The number of amides is 1. The van der Waals surface area contributed by atoms with E-state index >= 15 is 0 Å². The number of carbonyl (C=O) groups excluding carboxylic acids is 2. The van der Waals surface area contributed by atoms with E-state index in [0.717, 1.165) is 6.92 Å². The van der Waals surface area contributed by atoms with Crippen LogP contribution in [0.25, 0.3) is 0 Å². The molecule has 1 amide bonds. The third-order valence-corrected chi connectivity index (χ3v) is 3.77. The minimum absolute atomic E-state index is 0.0923. The SMILES string of the molecule is CC(=O)SCC(C(=O)NC(CC(C)C)c1nn[nH]n1)C(F)(F)F. The predicted molar refractivity (Wildman–Crippen MR) is 77.2 cm³/mol. The van der Waals surface area contributed by atoms with Gasteiger partial charge in [0, 0.05) is 12.7 Å². The van der Waals surface area contributed by atoms with Crippen LogP contribution in [0.5, 0.6) is 0 Å². The van der Waals surface area contributed by atoms with Crippen LogP contribution in [0.1, 0.15) is 39.1 Å². The van der Waals surface area contributed by atoms with Gasteiger partial charge in [0.1, 0.15) is 5.92 Å². The number of H-pyrrole nitrogens is 1. The van der Waals surface area contributed by atoms with Crippen molar-refractivity contribution in [2.24, 2.45) is 11.8 Å². The van der Waals surface area contributed by atoms with Gasteiger partial charge in [-0.15, -0.1) is 10.2 Å². The van der Waals surface area contributed by atoms with Crippen LogP contribution < -0.4 is 5.32 Å². The number of carbonyl (C=O) groups is 2. The number of aromatic nitrogens is 4. The minimum Gasteiger partial charge on any atom is -0.345 e. The average molecular weight is 353 g/mol. The lowest BCUT2D eigenvalue weighted by atomic mass is 10.0. The molecule has 2 unspecified atom stereocenters. The molecule has 1 heterocycles. The Morgan fingerprint density at radius 1 is 1.35 bits per heavy atom. The maximum Gasteiger partial charge on any atom is 0.401 e. The lowest BCUT2D eigenvalue weighted by Crippen LogP contribution is -2.43. The number of alkyl halides is 3. The molecule has 7 nitrogen and oxygen atoms in total. The van der Waals surface area contributed by atoms with Crippen LogP contribution in [0.3, 0.4) is 0 Å². The summed E-state index contributed by atoms with van der Waals surface area (Å²) >= 11 is 0.464. The average Bonchev–Trinajstić information content (AvgIpc) is 2.89. The van der Waals surface area contributed by atoms with E-state index < -0.39 is 34.9 Å². The van der Waals surface area contributed by atoms with Gasteiger partial charge in [0.25, 0.3) is 0 Å². The number of halogens is 3. The van der Waals surface area contributed by atoms with Crippen molar-refractivity contribution in [2.45, 2.75) is 39.4 Å². The van der Waals surface area contributed by atoms with Gasteiger partial charge in [-0.05, 0) is 12.3 Å². The Kier molecular flexibility index (Phi) is 6.98. The van der Waals surface area contributed by atoms with Crippen LogP contribution in [-0.4, -0.2) is 43.6 Å². The second kappa shape index (κ2) is 8.27. The number of hydrogen-bond donors (Lipinski definition) is 2. The first-order chi connectivity index (χ1) is 10.6. The Morgan fingerprint density at radius 2 is 2.00 bits per heavy atom. The molecular weight excluding hydrogens is 335 g/mol. The van der Waals surface area contributed by atoms with Gasteiger partial charge in [0.15, 0.2) is 10.9 Å². The Balaban J connectivity index is 2.86. The number of rotatable bonds is 7. The highest BCUT2D eigenvalue weighted by atomic mass is 32.2. The van der Waals surface area contributed by atoms with E-state index in [9.17, 15) is 22.8 Å². The Morgan fingerprint density at radius 3 is 2.43 bits per heavy atom. The molecule has 2 N–H and O–H groups in total. The summed E-state index contributed by atoms with van der Waals surface area (Å²) in [6.07, 6.45) is -4.39. The second-order valence-corrected chi connectivity index (χ2v) is 6.55. The molecule has 130 valence electrons. The highest BCUT2D eigenvalue weighted by Crippen LogP contribution is 2.30. The summed E-state index contributed by atoms with van der Waals surface area (Å²) in [5.41, 5.74) is 0. The summed E-state index contributed by atoms with van der Waals surface area (Å²) in [6, 6.07) is -0.784. The largest absolute Gasteiger partial charge is 0.401 e. The van der Waals surface area contributed by atoms with Crippen LogP contribution in [0.15, 0.2) is 0 Å². The van der Waals surface area contributed by atoms with Gasteiger partial charge in [-0.25, -0.2) is 0 Å². The highest BCUT2D eigenvalue weighted by Gasteiger charge is 2.45. The van der Waals surface area contributed by atoms with Crippen molar-refractivity contribution >= 4 is 22.8 Å². The summed E-state index contributed by atoms with van der Waals surface area (Å²) < 4.78 is 39.1. The molecule has 0 radical (unpaired) electrons. The number of nitrogens with one attached hydrogen (secondary N) is 2. The van der Waals surface area contributed by atoms with Crippen LogP contribution in [0, 0.1) is 11.8 Å². The van der Waals surface area contributed by atoms with E-state index in [-0.39, 0.29) is 11.7 Å². The zero-order valence-electron chi connectivity index (χ0n) is 12.8. The molecule has 1 rings (SSSR count). The molecule has 1 aromatic rings. The minimum atomic E-state index is -4.74. The number of hydrogen-bond acceptors (Lipinski definition) is 6. The molecule has 11 heteroatoms. The van der Waals surface area contributed by atoms with Gasteiger partial charge in [0.2, 0.25) is 5.91 Å². The van der Waals surface area contributed by atoms with Gasteiger partial charge in [-0.2, -0.15) is 18.4 Å². The van der Waals surface area contributed by atoms with Gasteiger partial charge < -0.3 is 5.32 Å². The topological polar surface area (TPSA) is 101 Å². The highest BCUT2D eigenvalue weighted by molar-refractivity contribution is 8.13. The van der Waals surface area contributed by atoms with Crippen LogP contribution in [0.4, 0.5) is 13.2 Å². The summed E-state index contributed by atoms with van der Waals surface area (Å²) in [7, 11) is 0. The van der Waals surface area contributed by atoms with E-state index in [1.165, 1.54) is 0 Å². The summed E-state index contributed by atoms with van der Waals surface area (Å²) in [5, 5.41) is 14.8. The van der Waals surface area contributed by atoms with E-state index in [1.807, 2.05) is 13.8 Å². The molecule has 0 bridgehead atoms. The van der Waals surface area contributed by atoms with Crippen molar-refractivity contribution in [3.05, 3.63) is 5.82 Å². The molecule has 0 saturated heterocycles. The Labute approximate surface area is 135 Å². The number of aromatic amines is 1. The molecule has 0 fully saturated rings. The summed E-state index contributed by atoms with van der Waals surface area (Å²) in [5.74, 6) is -3.94. The first-order valence-electron chi connectivity index (χ1n) is 6.85. The molecule has 0 aliphatic heterocycles. The van der Waals surface area contributed by atoms with Crippen molar-refractivity contribution in [3.8, 4) is 0 Å². The van der Waals surface area contributed by atoms with Crippen molar-refractivity contribution in [1.29, 1.82) is 0 Å². The molecule has 0 aliphatic rings. The van der Waals surface area contributed by atoms with E-state index in [0.29, 0.717) is 18.2 Å². The molecule has 23 heavy (non-hydrogen) atoms. The van der Waals surface area contributed by atoms with Gasteiger partial charge in [-0.1, -0.05) is 30.8 Å². The summed E-state index contributed by atoms with van der Waals surface area (Å²) in [4.78, 5) is 22.9. The third kappa shape index (κ3) is 6.55. The fourth-order valence-corrected chi connectivity index (χ4v) is 2.55. The van der Waals surface area contributed by atoms with Crippen LogP contribution in [0.2, 0.25) is 0 Å².